The number of H-pyrrole nitrogens is 1. The summed E-state index contributed by atoms with van der Waals surface area (Å²) in [5.74, 6) is -7.30. The number of primary amides is 1. The second-order valence-electron chi connectivity index (χ2n) is 19.7. The molecule has 4 aromatic rings. The Morgan fingerprint density at radius 1 is 0.782 bits per heavy atom. The molecule has 1 saturated heterocycles. The van der Waals surface area contributed by atoms with Gasteiger partial charge < -0.3 is 63.8 Å². The second kappa shape index (κ2) is 29.3. The van der Waals surface area contributed by atoms with Crippen molar-refractivity contribution in [2.75, 3.05) is 24.5 Å². The zero-order chi connectivity index (χ0) is 56.1. The van der Waals surface area contributed by atoms with Crippen molar-refractivity contribution in [1.82, 2.24) is 42.4 Å². The van der Waals surface area contributed by atoms with Crippen LogP contribution in [0.25, 0.3) is 10.9 Å². The largest absolute Gasteiger partial charge is 0.371 e. The maximum Gasteiger partial charge on any atom is 0.324 e. The predicted molar refractivity (Wildman–Crippen MR) is 291 cm³/mol. The lowest BCUT2D eigenvalue weighted by Gasteiger charge is -2.37. The number of nitrogens with zero attached hydrogens (tertiary/aromatic N) is 2. The third-order valence-electron chi connectivity index (χ3n) is 13.7. The number of carbonyl (C=O) groups excluding carboxylic acids is 9. The SMILES string of the molecule is CCCC[C@H](NC(C)=O)C(=O)N[C@H]1CCC(=O)ONCCCC[C@@H](C(N)=O)NC(=O)[C@H](Cc2c[nH]c3ccccc23)NC(=O)[C@H](CCCN=C(N)N)NC(=O)[C@@H](Cc2ccccc2)NC(=O)[C@@H]2Cc3ccccc3N(C2)C1=O. The van der Waals surface area contributed by atoms with Gasteiger partial charge in [-0.15, -0.1) is 0 Å². The van der Waals surface area contributed by atoms with Gasteiger partial charge in [-0.25, -0.2) is 0 Å². The van der Waals surface area contributed by atoms with E-state index < -0.39 is 95.4 Å². The maximum atomic E-state index is 15.0. The van der Waals surface area contributed by atoms with E-state index in [2.05, 4.69) is 47.4 Å². The number of guanidine groups is 1. The minimum absolute atomic E-state index is 0.0204. The van der Waals surface area contributed by atoms with E-state index in [0.717, 1.165) is 17.3 Å². The van der Waals surface area contributed by atoms with Crippen LogP contribution in [-0.4, -0.2) is 120 Å². The third kappa shape index (κ3) is 17.3. The zero-order valence-corrected chi connectivity index (χ0v) is 44.1. The molecule has 6 rings (SSSR count). The number of carbonyl (C=O) groups is 9. The summed E-state index contributed by atoms with van der Waals surface area (Å²) in [7, 11) is 0. The molecule has 23 nitrogen and oxygen atoms in total. The van der Waals surface area contributed by atoms with E-state index in [1.807, 2.05) is 31.2 Å². The van der Waals surface area contributed by atoms with Crippen LogP contribution < -0.4 is 59.5 Å². The van der Waals surface area contributed by atoms with Gasteiger partial charge in [-0.1, -0.05) is 86.5 Å². The molecule has 0 spiro atoms. The molecule has 418 valence electrons. The smallest absolute Gasteiger partial charge is 0.324 e. The number of hydrogen-bond donors (Lipinski definition) is 11. The number of hydrogen-bond acceptors (Lipinski definition) is 12. The number of unbranched alkanes of at least 4 members (excludes halogenated alkanes) is 1. The number of anilines is 1. The van der Waals surface area contributed by atoms with E-state index in [1.165, 1.54) is 11.8 Å². The first kappa shape index (κ1) is 58.9. The molecule has 14 N–H and O–H groups in total. The number of hydroxylamine groups is 1. The van der Waals surface area contributed by atoms with Crippen molar-refractivity contribution in [3.63, 3.8) is 0 Å². The Labute approximate surface area is 452 Å². The van der Waals surface area contributed by atoms with Gasteiger partial charge in [0.2, 0.25) is 47.3 Å². The number of rotatable bonds is 15. The van der Waals surface area contributed by atoms with Crippen molar-refractivity contribution < 1.29 is 48.0 Å². The lowest BCUT2D eigenvalue weighted by molar-refractivity contribution is -0.151. The fraction of sp³-hybridized carbons (Fsp3) is 0.455. The van der Waals surface area contributed by atoms with Gasteiger partial charge in [0.15, 0.2) is 5.96 Å². The average Bonchev–Trinajstić information content (AvgIpc) is 3.83. The number of nitrogens with one attached hydrogen (secondary N) is 8. The fourth-order valence-corrected chi connectivity index (χ4v) is 9.56. The molecule has 8 amide bonds. The van der Waals surface area contributed by atoms with Crippen molar-refractivity contribution in [3.8, 4) is 0 Å². The van der Waals surface area contributed by atoms with Gasteiger partial charge in [-0.05, 0) is 80.2 Å². The Kier molecular flexibility index (Phi) is 22.1. The van der Waals surface area contributed by atoms with Gasteiger partial charge >= 0.3 is 5.97 Å². The first-order chi connectivity index (χ1) is 37.5. The molecule has 2 aliphatic heterocycles. The summed E-state index contributed by atoms with van der Waals surface area (Å²) >= 11 is 0. The molecule has 1 fully saturated rings. The molecule has 23 heteroatoms. The number of fused-ring (bicyclic) bond motifs is 5. The van der Waals surface area contributed by atoms with Crippen molar-refractivity contribution in [2.24, 2.45) is 28.1 Å². The van der Waals surface area contributed by atoms with Crippen LogP contribution in [0.2, 0.25) is 0 Å². The van der Waals surface area contributed by atoms with E-state index >= 15 is 0 Å². The van der Waals surface area contributed by atoms with Crippen LogP contribution in [0.1, 0.15) is 94.7 Å². The van der Waals surface area contributed by atoms with Gasteiger partial charge in [-0.3, -0.25) is 48.1 Å². The van der Waals surface area contributed by atoms with E-state index in [4.69, 9.17) is 22.0 Å². The summed E-state index contributed by atoms with van der Waals surface area (Å²) in [4.78, 5) is 140. The molecule has 0 radical (unpaired) electrons. The Bertz CT molecular complexity index is 2780. The van der Waals surface area contributed by atoms with Crippen LogP contribution in [0, 0.1) is 5.92 Å². The lowest BCUT2D eigenvalue weighted by Crippen LogP contribution is -2.59. The molecule has 2 aliphatic rings. The number of aliphatic imine (C=N–C) groups is 1. The second-order valence-corrected chi connectivity index (χ2v) is 19.7. The van der Waals surface area contributed by atoms with Crippen LogP contribution in [0.3, 0.4) is 0 Å². The van der Waals surface area contributed by atoms with Crippen LogP contribution in [0.5, 0.6) is 0 Å². The van der Waals surface area contributed by atoms with Crippen LogP contribution >= 0.6 is 0 Å². The normalized spacial score (nSPS) is 21.8. The van der Waals surface area contributed by atoms with Crippen molar-refractivity contribution in [1.29, 1.82) is 0 Å². The number of aromatic amines is 1. The summed E-state index contributed by atoms with van der Waals surface area (Å²) in [5, 5.41) is 17.5. The molecule has 3 aromatic carbocycles. The molecule has 0 unspecified atom stereocenters. The van der Waals surface area contributed by atoms with E-state index in [9.17, 15) is 43.2 Å². The highest BCUT2D eigenvalue weighted by Gasteiger charge is 2.39. The molecule has 3 heterocycles. The molecule has 0 aliphatic carbocycles. The summed E-state index contributed by atoms with van der Waals surface area (Å²) < 4.78 is 0. The van der Waals surface area contributed by atoms with Crippen molar-refractivity contribution in [3.05, 3.63) is 102 Å². The monoisotopic (exact) mass is 1080 g/mol. The molecule has 2 bridgehead atoms. The highest BCUT2D eigenvalue weighted by atomic mass is 16.7. The van der Waals surface area contributed by atoms with Crippen molar-refractivity contribution in [2.45, 2.75) is 134 Å². The highest BCUT2D eigenvalue weighted by molar-refractivity contribution is 6.02. The summed E-state index contributed by atoms with van der Waals surface area (Å²) in [6.07, 6.45) is 3.71. The van der Waals surface area contributed by atoms with Crippen LogP contribution in [0.15, 0.2) is 90.1 Å². The first-order valence-electron chi connectivity index (χ1n) is 26.6. The summed E-state index contributed by atoms with van der Waals surface area (Å²) in [6.45, 7) is 3.22. The number of amides is 8. The number of benzene rings is 3. The molecular formula is C55H73N13O10. The van der Waals surface area contributed by atoms with Gasteiger partial charge in [0.25, 0.3) is 0 Å². The predicted octanol–water partition coefficient (Wildman–Crippen LogP) is 0.828. The molecular weight excluding hydrogens is 1000 g/mol. The van der Waals surface area contributed by atoms with E-state index in [1.54, 1.807) is 60.8 Å². The van der Waals surface area contributed by atoms with Gasteiger partial charge in [0, 0.05) is 68.6 Å². The summed E-state index contributed by atoms with van der Waals surface area (Å²) in [6, 6.07) is 15.8. The Morgan fingerprint density at radius 3 is 2.21 bits per heavy atom. The zero-order valence-electron chi connectivity index (χ0n) is 44.1. The number of nitrogens with two attached hydrogens (primary N) is 3. The molecule has 7 atom stereocenters. The number of para-hydroxylation sites is 2. The quantitative estimate of drug-likeness (QED) is 0.0447. The molecule has 78 heavy (non-hydrogen) atoms. The van der Waals surface area contributed by atoms with Gasteiger partial charge in [0.05, 0.1) is 5.92 Å². The highest BCUT2D eigenvalue weighted by Crippen LogP contribution is 2.31. The average molecular weight is 1080 g/mol. The fourth-order valence-electron chi connectivity index (χ4n) is 9.56. The van der Waals surface area contributed by atoms with Crippen LogP contribution in [0.4, 0.5) is 5.69 Å². The molecule has 1 aromatic heterocycles. The van der Waals surface area contributed by atoms with E-state index in [0.29, 0.717) is 41.6 Å². The third-order valence-corrected chi connectivity index (χ3v) is 13.7. The van der Waals surface area contributed by atoms with Crippen molar-refractivity contribution >= 4 is 75.8 Å². The molecule has 0 saturated carbocycles. The number of aromatic nitrogens is 1. The van der Waals surface area contributed by atoms with Crippen LogP contribution in [-0.2, 0) is 67.3 Å². The summed E-state index contributed by atoms with van der Waals surface area (Å²) in [5.41, 5.74) is 22.9. The Hall–Kier alpha value is -8.34. The van der Waals surface area contributed by atoms with Gasteiger partial charge in [0.1, 0.15) is 36.3 Å². The lowest BCUT2D eigenvalue weighted by atomic mass is 9.90. The van der Waals surface area contributed by atoms with Gasteiger partial charge in [-0.2, -0.15) is 5.48 Å². The minimum Gasteiger partial charge on any atom is -0.371 e. The Balaban J connectivity index is 1.36. The topological polar surface area (TPSA) is 357 Å². The van der Waals surface area contributed by atoms with E-state index in [-0.39, 0.29) is 83.4 Å². The minimum atomic E-state index is -1.34. The first-order valence-corrected chi connectivity index (χ1v) is 26.6. The Morgan fingerprint density at radius 2 is 1.46 bits per heavy atom. The standard InChI is InChI=1S/C55H73N13O10/c1-3-4-19-41(62-33(2)69)50(73)65-43-24-25-47(70)78-61-27-13-12-21-40(48(56)71)63-53(76)45(30-36-31-60-39-20-10-9-18-38(36)39)67-51(74)42(22-14-26-59-55(57)58)64-52(75)44(28-34-15-6-5-7-16-34)66-49(72)37-29-35-17-8-11-23-46(35)68(32-37)54(43)77/h5-11,15-18,20,23,31,37,40-45,60-61H,3-4,12-14,19,21-22,24-30,32H2,1-2H3,(H2,56,71)(H,62,69)(H,63,76)(H,64,75)(H,65,73)(H,66,72)(H,67,74)(H4,57,58,59)/t37-,40+,41+,42+,43+,44-,45+/m1/s1. The maximum absolute atomic E-state index is 15.0.